The zero-order valence-electron chi connectivity index (χ0n) is 11.1. The lowest BCUT2D eigenvalue weighted by atomic mass is 10.1. The van der Waals surface area contributed by atoms with Gasteiger partial charge >= 0.3 is 0 Å². The molecule has 6 heteroatoms. The highest BCUT2D eigenvalue weighted by molar-refractivity contribution is 5.75. The third kappa shape index (κ3) is 3.70. The fourth-order valence-corrected chi connectivity index (χ4v) is 2.10. The van der Waals surface area contributed by atoms with Crippen molar-refractivity contribution >= 4 is 5.91 Å². The number of morpholine rings is 1. The van der Waals surface area contributed by atoms with E-state index < -0.39 is 5.91 Å². The number of nitriles is 1. The standard InChI is InChI=1S/C14H17N3O3/c15-9-13(17-5-7-19-8-6-17)11-1-3-12(4-2-11)20-10-14(16)18/h1-4,13H,5-8,10H2,(H2,16,18). The highest BCUT2D eigenvalue weighted by atomic mass is 16.5. The first-order chi connectivity index (χ1) is 9.70. The van der Waals surface area contributed by atoms with Gasteiger partial charge in [-0.25, -0.2) is 0 Å². The van der Waals surface area contributed by atoms with E-state index in [-0.39, 0.29) is 12.6 Å². The summed E-state index contributed by atoms with van der Waals surface area (Å²) < 4.78 is 10.5. The predicted octanol–water partition coefficient (Wildman–Crippen LogP) is 0.448. The van der Waals surface area contributed by atoms with E-state index in [1.54, 1.807) is 12.1 Å². The molecular weight excluding hydrogens is 258 g/mol. The van der Waals surface area contributed by atoms with E-state index in [4.69, 9.17) is 15.2 Å². The molecule has 106 valence electrons. The molecule has 0 aromatic heterocycles. The average molecular weight is 275 g/mol. The van der Waals surface area contributed by atoms with Crippen LogP contribution in [0.4, 0.5) is 0 Å². The third-order valence-corrected chi connectivity index (χ3v) is 3.11. The van der Waals surface area contributed by atoms with Gasteiger partial charge in [0.1, 0.15) is 11.8 Å². The lowest BCUT2D eigenvalue weighted by Gasteiger charge is -2.30. The van der Waals surface area contributed by atoms with Crippen LogP contribution in [0.5, 0.6) is 5.75 Å². The van der Waals surface area contributed by atoms with Crippen molar-refractivity contribution in [1.29, 1.82) is 5.26 Å². The number of ether oxygens (including phenoxy) is 2. The number of primary amides is 1. The Kier molecular flexibility index (Phi) is 4.93. The Morgan fingerprint density at radius 3 is 2.60 bits per heavy atom. The summed E-state index contributed by atoms with van der Waals surface area (Å²) in [6, 6.07) is 9.17. The Morgan fingerprint density at radius 1 is 1.40 bits per heavy atom. The molecule has 1 unspecified atom stereocenters. The van der Waals surface area contributed by atoms with Crippen LogP contribution in [-0.4, -0.2) is 43.7 Å². The van der Waals surface area contributed by atoms with E-state index in [0.29, 0.717) is 19.0 Å². The summed E-state index contributed by atoms with van der Waals surface area (Å²) in [5.74, 6) is 0.0449. The largest absolute Gasteiger partial charge is 0.484 e. The number of amides is 1. The number of hydrogen-bond acceptors (Lipinski definition) is 5. The van der Waals surface area contributed by atoms with Crippen molar-refractivity contribution in [3.05, 3.63) is 29.8 Å². The summed E-state index contributed by atoms with van der Waals surface area (Å²) in [6.45, 7) is 2.65. The van der Waals surface area contributed by atoms with Gasteiger partial charge in [0.15, 0.2) is 6.61 Å². The molecule has 2 rings (SSSR count). The van der Waals surface area contributed by atoms with Gasteiger partial charge < -0.3 is 15.2 Å². The zero-order chi connectivity index (χ0) is 14.4. The van der Waals surface area contributed by atoms with Crippen LogP contribution in [0.15, 0.2) is 24.3 Å². The van der Waals surface area contributed by atoms with Gasteiger partial charge in [0.25, 0.3) is 5.91 Å². The number of nitrogens with zero attached hydrogens (tertiary/aromatic N) is 2. The summed E-state index contributed by atoms with van der Waals surface area (Å²) in [4.78, 5) is 12.7. The number of carbonyl (C=O) groups is 1. The van der Waals surface area contributed by atoms with Gasteiger partial charge in [-0.05, 0) is 17.7 Å². The van der Waals surface area contributed by atoms with Crippen molar-refractivity contribution in [2.24, 2.45) is 5.73 Å². The number of carbonyl (C=O) groups excluding carboxylic acids is 1. The Bertz CT molecular complexity index is 489. The number of rotatable bonds is 5. The van der Waals surface area contributed by atoms with Crippen molar-refractivity contribution in [1.82, 2.24) is 4.90 Å². The average Bonchev–Trinajstić information content (AvgIpc) is 2.48. The SMILES string of the molecule is N#CC(c1ccc(OCC(N)=O)cc1)N1CCOCC1. The summed E-state index contributed by atoms with van der Waals surface area (Å²) in [5.41, 5.74) is 5.92. The molecule has 1 aliphatic rings. The second-order valence-corrected chi connectivity index (χ2v) is 4.50. The summed E-state index contributed by atoms with van der Waals surface area (Å²) >= 11 is 0. The van der Waals surface area contributed by atoms with Crippen LogP contribution in [0.1, 0.15) is 11.6 Å². The van der Waals surface area contributed by atoms with Crippen LogP contribution >= 0.6 is 0 Å². The molecule has 0 radical (unpaired) electrons. The summed E-state index contributed by atoms with van der Waals surface area (Å²) in [5, 5.41) is 9.35. The molecule has 1 saturated heterocycles. The van der Waals surface area contributed by atoms with Crippen LogP contribution in [0, 0.1) is 11.3 Å². The Hall–Kier alpha value is -2.10. The molecule has 0 bridgehead atoms. The monoisotopic (exact) mass is 275 g/mol. The predicted molar refractivity (Wildman–Crippen MR) is 71.9 cm³/mol. The second kappa shape index (κ2) is 6.89. The van der Waals surface area contributed by atoms with Gasteiger partial charge in [-0.3, -0.25) is 9.69 Å². The van der Waals surface area contributed by atoms with Crippen LogP contribution in [0.25, 0.3) is 0 Å². The molecule has 1 atom stereocenters. The zero-order valence-corrected chi connectivity index (χ0v) is 11.1. The third-order valence-electron chi connectivity index (χ3n) is 3.11. The van der Waals surface area contributed by atoms with E-state index in [2.05, 4.69) is 11.0 Å². The van der Waals surface area contributed by atoms with Crippen LogP contribution in [0.3, 0.4) is 0 Å². The maximum Gasteiger partial charge on any atom is 0.255 e. The normalized spacial score (nSPS) is 17.1. The van der Waals surface area contributed by atoms with Crippen LogP contribution < -0.4 is 10.5 Å². The highest BCUT2D eigenvalue weighted by Crippen LogP contribution is 2.23. The second-order valence-electron chi connectivity index (χ2n) is 4.50. The molecular formula is C14H17N3O3. The van der Waals surface area contributed by atoms with Gasteiger partial charge in [0, 0.05) is 13.1 Å². The minimum atomic E-state index is -0.516. The number of hydrogen-bond donors (Lipinski definition) is 1. The first-order valence-electron chi connectivity index (χ1n) is 6.43. The van der Waals surface area contributed by atoms with E-state index >= 15 is 0 Å². The van der Waals surface area contributed by atoms with Gasteiger partial charge in [-0.2, -0.15) is 5.26 Å². The maximum atomic E-state index is 10.6. The van der Waals surface area contributed by atoms with E-state index in [0.717, 1.165) is 18.7 Å². The lowest BCUT2D eigenvalue weighted by molar-refractivity contribution is -0.119. The van der Waals surface area contributed by atoms with Gasteiger partial charge in [-0.15, -0.1) is 0 Å². The minimum Gasteiger partial charge on any atom is -0.484 e. The van der Waals surface area contributed by atoms with E-state index in [1.807, 2.05) is 12.1 Å². The summed E-state index contributed by atoms with van der Waals surface area (Å²) in [7, 11) is 0. The molecule has 20 heavy (non-hydrogen) atoms. The molecule has 1 amide bonds. The quantitative estimate of drug-likeness (QED) is 0.842. The fraction of sp³-hybridized carbons (Fsp3) is 0.429. The van der Waals surface area contributed by atoms with E-state index in [9.17, 15) is 10.1 Å². The van der Waals surface area contributed by atoms with Crippen molar-refractivity contribution in [2.45, 2.75) is 6.04 Å². The Balaban J connectivity index is 2.03. The molecule has 0 aliphatic carbocycles. The minimum absolute atomic E-state index is 0.148. The molecule has 1 aromatic rings. The van der Waals surface area contributed by atoms with Crippen molar-refractivity contribution in [2.75, 3.05) is 32.9 Å². The first kappa shape index (κ1) is 14.3. The molecule has 1 fully saturated rings. The van der Waals surface area contributed by atoms with Gasteiger partial charge in [-0.1, -0.05) is 12.1 Å². The molecule has 2 N–H and O–H groups in total. The molecule has 0 spiro atoms. The molecule has 1 aliphatic heterocycles. The maximum absolute atomic E-state index is 10.6. The van der Waals surface area contributed by atoms with Crippen molar-refractivity contribution < 1.29 is 14.3 Å². The number of benzene rings is 1. The fourth-order valence-electron chi connectivity index (χ4n) is 2.10. The van der Waals surface area contributed by atoms with Crippen molar-refractivity contribution in [3.63, 3.8) is 0 Å². The van der Waals surface area contributed by atoms with Crippen LogP contribution in [-0.2, 0) is 9.53 Å². The highest BCUT2D eigenvalue weighted by Gasteiger charge is 2.22. The smallest absolute Gasteiger partial charge is 0.255 e. The van der Waals surface area contributed by atoms with Gasteiger partial charge in [0.05, 0.1) is 19.3 Å². The number of nitrogens with two attached hydrogens (primary N) is 1. The summed E-state index contributed by atoms with van der Waals surface area (Å²) in [6.07, 6.45) is 0. The molecule has 1 aromatic carbocycles. The Labute approximate surface area is 117 Å². The van der Waals surface area contributed by atoms with Crippen molar-refractivity contribution in [3.8, 4) is 11.8 Å². The molecule has 0 saturated carbocycles. The van der Waals surface area contributed by atoms with Crippen LogP contribution in [0.2, 0.25) is 0 Å². The first-order valence-corrected chi connectivity index (χ1v) is 6.43. The topological polar surface area (TPSA) is 88.6 Å². The Morgan fingerprint density at radius 2 is 2.05 bits per heavy atom. The van der Waals surface area contributed by atoms with Gasteiger partial charge in [0.2, 0.25) is 0 Å². The lowest BCUT2D eigenvalue weighted by Crippen LogP contribution is -2.38. The molecule has 6 nitrogen and oxygen atoms in total. The van der Waals surface area contributed by atoms with E-state index in [1.165, 1.54) is 0 Å². The molecule has 1 heterocycles.